The topological polar surface area (TPSA) is 117 Å². The van der Waals surface area contributed by atoms with Crippen LogP contribution >= 0.6 is 0 Å². The number of hydrogen-bond donors (Lipinski definition) is 2. The Bertz CT molecular complexity index is 2190. The fraction of sp³-hybridized carbons (Fsp3) is 0.325. The van der Waals surface area contributed by atoms with Crippen molar-refractivity contribution in [3.05, 3.63) is 90.8 Å². The van der Waals surface area contributed by atoms with E-state index in [1.165, 1.54) is 24.3 Å². The first-order valence-corrected chi connectivity index (χ1v) is 18.2. The Morgan fingerprint density at radius 2 is 1.19 bits per heavy atom. The number of aromatic nitrogens is 7. The van der Waals surface area contributed by atoms with Crippen molar-refractivity contribution in [3.63, 3.8) is 0 Å². The number of rotatable bonds is 10. The third-order valence-corrected chi connectivity index (χ3v) is 9.97. The van der Waals surface area contributed by atoms with Crippen LogP contribution in [0.15, 0.2) is 79.1 Å². The van der Waals surface area contributed by atoms with Crippen molar-refractivity contribution in [2.24, 2.45) is 0 Å². The summed E-state index contributed by atoms with van der Waals surface area (Å²) in [6.07, 6.45) is 6.83. The minimum absolute atomic E-state index is 0.0328. The standard InChI is InChI=1S/C40H41F2N9O2/c1-3-53-40-46-23-17-32(47-40)37-35(26-6-10-29(42)11-7-26)49-39(51(37)31-15-20-44-21-16-31)38-48-34(25-4-8-28(41)9-5-25)36(27-12-22-45-33(24-27)52-2)50(38)30-13-18-43-19-14-30/h4-12,17,22-24,30-31,43-44H,3,13-16,18-21H2,1-2H3. The second-order valence-corrected chi connectivity index (χ2v) is 13.2. The van der Waals surface area contributed by atoms with Gasteiger partial charge in [-0.15, -0.1) is 0 Å². The third kappa shape index (κ3) is 6.89. The largest absolute Gasteiger partial charge is 0.481 e. The molecule has 0 radical (unpaired) electrons. The Kier molecular flexibility index (Phi) is 9.92. The number of ether oxygens (including phenoxy) is 2. The number of imidazole rings is 2. The van der Waals surface area contributed by atoms with Gasteiger partial charge in [-0.3, -0.25) is 0 Å². The molecule has 2 fully saturated rings. The van der Waals surface area contributed by atoms with E-state index in [9.17, 15) is 8.78 Å². The number of benzene rings is 2. The SMILES string of the molecule is CCOc1nccc(-c2c(-c3ccc(F)cc3)nc(-c3nc(-c4ccc(F)cc4)c(-c4ccnc(OC)c4)n3C3CCNCC3)n2C2CCNCC2)n1. The number of pyridine rings is 1. The van der Waals surface area contributed by atoms with Gasteiger partial charge in [0.15, 0.2) is 11.6 Å². The molecule has 2 aliphatic heterocycles. The molecule has 53 heavy (non-hydrogen) atoms. The van der Waals surface area contributed by atoms with Crippen molar-refractivity contribution in [1.29, 1.82) is 0 Å². The van der Waals surface area contributed by atoms with Gasteiger partial charge in [-0.25, -0.2) is 28.7 Å². The summed E-state index contributed by atoms with van der Waals surface area (Å²) < 4.78 is 44.7. The van der Waals surface area contributed by atoms with Gasteiger partial charge in [0, 0.05) is 47.2 Å². The number of hydrogen-bond acceptors (Lipinski definition) is 9. The quantitative estimate of drug-likeness (QED) is 0.153. The van der Waals surface area contributed by atoms with E-state index in [0.29, 0.717) is 41.2 Å². The second-order valence-electron chi connectivity index (χ2n) is 13.2. The van der Waals surface area contributed by atoms with E-state index in [4.69, 9.17) is 24.4 Å². The molecule has 0 saturated carbocycles. The highest BCUT2D eigenvalue weighted by Crippen LogP contribution is 2.45. The molecule has 0 atom stereocenters. The van der Waals surface area contributed by atoms with Gasteiger partial charge < -0.3 is 29.2 Å². The van der Waals surface area contributed by atoms with Gasteiger partial charge in [0.2, 0.25) is 5.88 Å². The second kappa shape index (κ2) is 15.2. The first-order valence-electron chi connectivity index (χ1n) is 18.2. The molecule has 2 N–H and O–H groups in total. The molecule has 2 aromatic carbocycles. The molecule has 0 bridgehead atoms. The van der Waals surface area contributed by atoms with Crippen LogP contribution in [0.4, 0.5) is 8.78 Å². The van der Waals surface area contributed by atoms with E-state index in [1.807, 2.05) is 25.1 Å². The van der Waals surface area contributed by atoms with Crippen LogP contribution in [0.2, 0.25) is 0 Å². The summed E-state index contributed by atoms with van der Waals surface area (Å²) in [5, 5.41) is 7.03. The van der Waals surface area contributed by atoms with E-state index in [0.717, 1.165) is 79.9 Å². The predicted molar refractivity (Wildman–Crippen MR) is 198 cm³/mol. The first kappa shape index (κ1) is 34.6. The van der Waals surface area contributed by atoms with Crippen molar-refractivity contribution in [2.45, 2.75) is 44.7 Å². The smallest absolute Gasteiger partial charge is 0.316 e. The molecule has 272 valence electrons. The molecule has 2 aliphatic rings. The zero-order chi connectivity index (χ0) is 36.3. The van der Waals surface area contributed by atoms with Gasteiger partial charge in [0.05, 0.1) is 42.2 Å². The minimum Gasteiger partial charge on any atom is -0.481 e. The fourth-order valence-electron chi connectivity index (χ4n) is 7.50. The molecule has 0 unspecified atom stereocenters. The normalized spacial score (nSPS) is 15.5. The number of methoxy groups -OCH3 is 1. The molecule has 6 aromatic rings. The van der Waals surface area contributed by atoms with Crippen molar-refractivity contribution in [3.8, 4) is 68.7 Å². The Labute approximate surface area is 306 Å². The van der Waals surface area contributed by atoms with Gasteiger partial charge in [0.1, 0.15) is 11.6 Å². The van der Waals surface area contributed by atoms with Crippen LogP contribution in [0.3, 0.4) is 0 Å². The molecule has 11 nitrogen and oxygen atoms in total. The first-order chi connectivity index (χ1) is 26.0. The Hall–Kier alpha value is -5.53. The maximum absolute atomic E-state index is 14.4. The highest BCUT2D eigenvalue weighted by Gasteiger charge is 2.34. The van der Waals surface area contributed by atoms with E-state index in [2.05, 4.69) is 29.7 Å². The number of piperidine rings is 2. The van der Waals surface area contributed by atoms with Crippen LogP contribution in [-0.2, 0) is 0 Å². The Morgan fingerprint density at radius 3 is 1.74 bits per heavy atom. The van der Waals surface area contributed by atoms with Gasteiger partial charge in [-0.05, 0) is 119 Å². The maximum atomic E-state index is 14.4. The monoisotopic (exact) mass is 717 g/mol. The van der Waals surface area contributed by atoms with E-state index < -0.39 is 0 Å². The fourth-order valence-corrected chi connectivity index (χ4v) is 7.50. The average Bonchev–Trinajstić information content (AvgIpc) is 3.80. The van der Waals surface area contributed by atoms with Crippen molar-refractivity contribution < 1.29 is 18.3 Å². The summed E-state index contributed by atoms with van der Waals surface area (Å²) in [7, 11) is 1.60. The molecule has 2 saturated heterocycles. The molecule has 13 heteroatoms. The molecular formula is C40H41F2N9O2. The van der Waals surface area contributed by atoms with E-state index in [-0.39, 0.29) is 29.7 Å². The summed E-state index contributed by atoms with van der Waals surface area (Å²) in [6.45, 7) is 5.63. The number of halogens is 2. The lowest BCUT2D eigenvalue weighted by Crippen LogP contribution is -2.31. The summed E-state index contributed by atoms with van der Waals surface area (Å²) in [6, 6.07) is 18.9. The summed E-state index contributed by atoms with van der Waals surface area (Å²) in [4.78, 5) is 24.6. The molecule has 8 rings (SSSR count). The average molecular weight is 718 g/mol. The third-order valence-electron chi connectivity index (χ3n) is 9.97. The molecule has 0 amide bonds. The van der Waals surface area contributed by atoms with Crippen LogP contribution in [0.1, 0.15) is 44.7 Å². The van der Waals surface area contributed by atoms with E-state index >= 15 is 0 Å². The summed E-state index contributed by atoms with van der Waals surface area (Å²) >= 11 is 0. The summed E-state index contributed by atoms with van der Waals surface area (Å²) in [5.74, 6) is 1.14. The molecule has 6 heterocycles. The highest BCUT2D eigenvalue weighted by atomic mass is 19.1. The highest BCUT2D eigenvalue weighted by molar-refractivity contribution is 5.84. The molecule has 0 spiro atoms. The number of nitrogens with one attached hydrogen (secondary N) is 2. The van der Waals surface area contributed by atoms with Crippen molar-refractivity contribution in [1.82, 2.24) is 44.7 Å². The Morgan fingerprint density at radius 1 is 0.660 bits per heavy atom. The van der Waals surface area contributed by atoms with Crippen LogP contribution in [0.5, 0.6) is 11.9 Å². The van der Waals surface area contributed by atoms with Gasteiger partial charge in [-0.2, -0.15) is 4.98 Å². The lowest BCUT2D eigenvalue weighted by Gasteiger charge is -2.30. The number of nitrogens with zero attached hydrogens (tertiary/aromatic N) is 7. The zero-order valence-corrected chi connectivity index (χ0v) is 29.7. The van der Waals surface area contributed by atoms with Crippen molar-refractivity contribution in [2.75, 3.05) is 39.9 Å². The summed E-state index contributed by atoms with van der Waals surface area (Å²) in [5.41, 5.74) is 5.99. The van der Waals surface area contributed by atoms with Gasteiger partial charge >= 0.3 is 6.01 Å². The predicted octanol–water partition coefficient (Wildman–Crippen LogP) is 7.13. The van der Waals surface area contributed by atoms with Crippen LogP contribution < -0.4 is 20.1 Å². The van der Waals surface area contributed by atoms with Gasteiger partial charge in [-0.1, -0.05) is 0 Å². The minimum atomic E-state index is -0.336. The lowest BCUT2D eigenvalue weighted by molar-refractivity contribution is 0.312. The maximum Gasteiger partial charge on any atom is 0.316 e. The van der Waals surface area contributed by atoms with E-state index in [1.54, 1.807) is 43.8 Å². The Balaban J connectivity index is 1.48. The molecular weight excluding hydrogens is 676 g/mol. The van der Waals surface area contributed by atoms with Crippen LogP contribution in [0.25, 0.3) is 56.8 Å². The lowest BCUT2D eigenvalue weighted by atomic mass is 10.0. The van der Waals surface area contributed by atoms with Gasteiger partial charge in [0.25, 0.3) is 0 Å². The zero-order valence-electron chi connectivity index (χ0n) is 29.7. The van der Waals surface area contributed by atoms with Crippen molar-refractivity contribution >= 4 is 0 Å². The molecule has 0 aliphatic carbocycles. The van der Waals surface area contributed by atoms with Crippen LogP contribution in [0, 0.1) is 11.6 Å². The van der Waals surface area contributed by atoms with Crippen LogP contribution in [-0.4, -0.2) is 73.9 Å². The molecule has 4 aromatic heterocycles.